The first kappa shape index (κ1) is 18.6. The molecule has 1 atom stereocenters. The lowest BCUT2D eigenvalue weighted by Gasteiger charge is -2.14. The number of carbonyl (C=O) groups excluding carboxylic acids is 1. The Kier molecular flexibility index (Phi) is 5.53. The van der Waals surface area contributed by atoms with E-state index in [4.69, 9.17) is 0 Å². The minimum Gasteiger partial charge on any atom is -0.351 e. The van der Waals surface area contributed by atoms with Gasteiger partial charge in [0.2, 0.25) is 5.91 Å². The second-order valence-corrected chi connectivity index (χ2v) is 7.85. The van der Waals surface area contributed by atoms with Crippen LogP contribution in [0.15, 0.2) is 53.4 Å². The van der Waals surface area contributed by atoms with E-state index in [1.807, 2.05) is 31.2 Å². The van der Waals surface area contributed by atoms with Crippen LogP contribution in [0.4, 0.5) is 5.69 Å². The molecule has 25 heavy (non-hydrogen) atoms. The zero-order chi connectivity index (χ0) is 18.6. The first-order chi connectivity index (χ1) is 11.7. The van der Waals surface area contributed by atoms with Crippen LogP contribution < -0.4 is 5.32 Å². The molecular weight excluding hydrogens is 344 g/mol. The number of sulfone groups is 1. The zero-order valence-electron chi connectivity index (χ0n) is 13.8. The van der Waals surface area contributed by atoms with Crippen LogP contribution in [0.5, 0.6) is 0 Å². The summed E-state index contributed by atoms with van der Waals surface area (Å²) in [6.07, 6.45) is 0. The van der Waals surface area contributed by atoms with Gasteiger partial charge in [-0.05, 0) is 37.1 Å². The van der Waals surface area contributed by atoms with Gasteiger partial charge in [-0.3, -0.25) is 14.9 Å². The fourth-order valence-corrected chi connectivity index (χ4v) is 3.53. The Morgan fingerprint density at radius 3 is 2.32 bits per heavy atom. The number of nitro benzene ring substituents is 1. The molecule has 0 saturated heterocycles. The normalized spacial score (nSPS) is 12.4. The number of hydrogen-bond acceptors (Lipinski definition) is 5. The molecule has 8 heteroatoms. The number of carbonyl (C=O) groups is 1. The average molecular weight is 362 g/mol. The quantitative estimate of drug-likeness (QED) is 0.627. The summed E-state index contributed by atoms with van der Waals surface area (Å²) in [5.41, 5.74) is 1.68. The lowest BCUT2D eigenvalue weighted by molar-refractivity contribution is -0.384. The SMILES string of the molecule is Cc1ccccc1CNC(=O)[C@@H](C)S(=O)(=O)c1ccc([N+](=O)[O-])cc1. The van der Waals surface area contributed by atoms with Crippen molar-refractivity contribution in [1.82, 2.24) is 5.32 Å². The molecule has 0 fully saturated rings. The zero-order valence-corrected chi connectivity index (χ0v) is 14.6. The van der Waals surface area contributed by atoms with Gasteiger partial charge in [0.25, 0.3) is 5.69 Å². The van der Waals surface area contributed by atoms with E-state index in [-0.39, 0.29) is 17.1 Å². The van der Waals surface area contributed by atoms with Crippen LogP contribution in [0.1, 0.15) is 18.1 Å². The fraction of sp³-hybridized carbons (Fsp3) is 0.235. The van der Waals surface area contributed by atoms with E-state index in [2.05, 4.69) is 5.32 Å². The second-order valence-electron chi connectivity index (χ2n) is 5.58. The number of aryl methyl sites for hydroxylation is 1. The number of non-ortho nitro benzene ring substituents is 1. The summed E-state index contributed by atoms with van der Waals surface area (Å²) in [4.78, 5) is 22.1. The maximum absolute atomic E-state index is 12.5. The van der Waals surface area contributed by atoms with Crippen LogP contribution in [0.2, 0.25) is 0 Å². The monoisotopic (exact) mass is 362 g/mol. The van der Waals surface area contributed by atoms with E-state index in [1.54, 1.807) is 0 Å². The van der Waals surface area contributed by atoms with Crippen molar-refractivity contribution < 1.29 is 18.1 Å². The molecule has 0 aliphatic carbocycles. The van der Waals surface area contributed by atoms with E-state index in [0.717, 1.165) is 35.4 Å². The van der Waals surface area contributed by atoms with E-state index in [9.17, 15) is 23.3 Å². The Morgan fingerprint density at radius 1 is 1.16 bits per heavy atom. The Balaban J connectivity index is 2.11. The minimum atomic E-state index is -3.93. The van der Waals surface area contributed by atoms with Gasteiger partial charge in [-0.25, -0.2) is 8.42 Å². The van der Waals surface area contributed by atoms with E-state index < -0.39 is 25.9 Å². The Bertz CT molecular complexity index is 892. The molecule has 0 unspecified atom stereocenters. The summed E-state index contributed by atoms with van der Waals surface area (Å²) >= 11 is 0. The van der Waals surface area contributed by atoms with Crippen molar-refractivity contribution in [2.45, 2.75) is 30.5 Å². The molecule has 0 aromatic heterocycles. The molecule has 0 radical (unpaired) electrons. The molecule has 0 aliphatic rings. The second kappa shape index (κ2) is 7.43. The first-order valence-electron chi connectivity index (χ1n) is 7.54. The molecule has 0 aliphatic heterocycles. The summed E-state index contributed by atoms with van der Waals surface area (Å²) in [6, 6.07) is 11.9. The highest BCUT2D eigenvalue weighted by Gasteiger charge is 2.30. The average Bonchev–Trinajstić information content (AvgIpc) is 2.60. The van der Waals surface area contributed by atoms with Gasteiger partial charge in [-0.1, -0.05) is 24.3 Å². The lowest BCUT2D eigenvalue weighted by Crippen LogP contribution is -2.37. The number of amides is 1. The molecule has 0 saturated carbocycles. The van der Waals surface area contributed by atoms with Crippen molar-refractivity contribution in [3.05, 3.63) is 69.8 Å². The van der Waals surface area contributed by atoms with Gasteiger partial charge in [0.15, 0.2) is 9.84 Å². The minimum absolute atomic E-state index is 0.128. The predicted octanol–water partition coefficient (Wildman–Crippen LogP) is 2.38. The topological polar surface area (TPSA) is 106 Å². The van der Waals surface area contributed by atoms with Crippen LogP contribution in [-0.2, 0) is 21.2 Å². The highest BCUT2D eigenvalue weighted by atomic mass is 32.2. The Hall–Kier alpha value is -2.74. The van der Waals surface area contributed by atoms with Crippen LogP contribution >= 0.6 is 0 Å². The van der Waals surface area contributed by atoms with Crippen molar-refractivity contribution in [3.63, 3.8) is 0 Å². The molecule has 2 rings (SSSR count). The third-order valence-corrected chi connectivity index (χ3v) is 6.00. The number of rotatable bonds is 6. The molecule has 2 aromatic rings. The van der Waals surface area contributed by atoms with Crippen molar-refractivity contribution in [2.75, 3.05) is 0 Å². The molecule has 132 valence electrons. The van der Waals surface area contributed by atoms with Crippen LogP contribution in [0.25, 0.3) is 0 Å². The molecule has 1 N–H and O–H groups in total. The molecule has 0 bridgehead atoms. The summed E-state index contributed by atoms with van der Waals surface area (Å²) < 4.78 is 25.0. The third kappa shape index (κ3) is 4.21. The van der Waals surface area contributed by atoms with Crippen molar-refractivity contribution >= 4 is 21.4 Å². The van der Waals surface area contributed by atoms with Gasteiger partial charge in [0.05, 0.1) is 9.82 Å². The Morgan fingerprint density at radius 2 is 1.76 bits per heavy atom. The van der Waals surface area contributed by atoms with Gasteiger partial charge in [-0.2, -0.15) is 0 Å². The molecular formula is C17H18N2O5S. The highest BCUT2D eigenvalue weighted by molar-refractivity contribution is 7.92. The van der Waals surface area contributed by atoms with Crippen molar-refractivity contribution in [3.8, 4) is 0 Å². The summed E-state index contributed by atoms with van der Waals surface area (Å²) in [5.74, 6) is -0.624. The summed E-state index contributed by atoms with van der Waals surface area (Å²) in [6.45, 7) is 3.42. The standard InChI is InChI=1S/C17H18N2O5S/c1-12-5-3-4-6-14(12)11-18-17(20)13(2)25(23,24)16-9-7-15(8-10-16)19(21)22/h3-10,13H,11H2,1-2H3,(H,18,20)/t13-/m1/s1. The number of hydrogen-bond donors (Lipinski definition) is 1. The summed E-state index contributed by atoms with van der Waals surface area (Å²) in [7, 11) is -3.93. The Labute approximate surface area is 145 Å². The largest absolute Gasteiger partial charge is 0.351 e. The maximum atomic E-state index is 12.5. The predicted molar refractivity (Wildman–Crippen MR) is 92.8 cm³/mol. The van der Waals surface area contributed by atoms with E-state index >= 15 is 0 Å². The van der Waals surface area contributed by atoms with E-state index in [1.165, 1.54) is 6.92 Å². The molecule has 1 amide bonds. The lowest BCUT2D eigenvalue weighted by atomic mass is 10.1. The van der Waals surface area contributed by atoms with E-state index in [0.29, 0.717) is 0 Å². The fourth-order valence-electron chi connectivity index (χ4n) is 2.24. The smallest absolute Gasteiger partial charge is 0.269 e. The van der Waals surface area contributed by atoms with Gasteiger partial charge in [0, 0.05) is 18.7 Å². The number of nitrogens with one attached hydrogen (secondary N) is 1. The molecule has 0 heterocycles. The maximum Gasteiger partial charge on any atom is 0.269 e. The number of nitro groups is 1. The van der Waals surface area contributed by atoms with Gasteiger partial charge >= 0.3 is 0 Å². The highest BCUT2D eigenvalue weighted by Crippen LogP contribution is 2.20. The summed E-state index contributed by atoms with van der Waals surface area (Å²) in [5, 5.41) is 12.0. The number of benzene rings is 2. The van der Waals surface area contributed by atoms with Crippen molar-refractivity contribution in [2.24, 2.45) is 0 Å². The third-order valence-electron chi connectivity index (χ3n) is 3.93. The van der Waals surface area contributed by atoms with Crippen LogP contribution in [0, 0.1) is 17.0 Å². The van der Waals surface area contributed by atoms with Crippen LogP contribution in [0.3, 0.4) is 0 Å². The van der Waals surface area contributed by atoms with Crippen molar-refractivity contribution in [1.29, 1.82) is 0 Å². The molecule has 0 spiro atoms. The van der Waals surface area contributed by atoms with Gasteiger partial charge in [-0.15, -0.1) is 0 Å². The number of nitrogens with zero attached hydrogens (tertiary/aromatic N) is 1. The van der Waals surface area contributed by atoms with Crippen LogP contribution in [-0.4, -0.2) is 24.5 Å². The first-order valence-corrected chi connectivity index (χ1v) is 9.08. The van der Waals surface area contributed by atoms with Gasteiger partial charge in [0.1, 0.15) is 5.25 Å². The molecule has 2 aromatic carbocycles. The van der Waals surface area contributed by atoms with Gasteiger partial charge < -0.3 is 5.32 Å². The molecule has 7 nitrogen and oxygen atoms in total.